The van der Waals surface area contributed by atoms with Gasteiger partial charge in [0, 0.05) is 6.42 Å². The van der Waals surface area contributed by atoms with Crippen LogP contribution in [-0.4, -0.2) is 53.5 Å². The van der Waals surface area contributed by atoms with Crippen LogP contribution in [0.4, 0.5) is 0 Å². The molecule has 23 heavy (non-hydrogen) atoms. The van der Waals surface area contributed by atoms with Gasteiger partial charge in [-0.1, -0.05) is 19.8 Å². The highest BCUT2D eigenvalue weighted by Crippen LogP contribution is 2.07. The Kier molecular flexibility index (Phi) is 7.46. The molecule has 9 heteroatoms. The summed E-state index contributed by atoms with van der Waals surface area (Å²) in [7, 11) is 0. The van der Waals surface area contributed by atoms with Crippen molar-refractivity contribution in [1.82, 2.24) is 16.0 Å². The molecule has 9 nitrogen and oxygen atoms in total. The van der Waals surface area contributed by atoms with Gasteiger partial charge in [-0.15, -0.1) is 0 Å². The third-order valence-electron chi connectivity index (χ3n) is 3.63. The van der Waals surface area contributed by atoms with E-state index in [1.54, 1.807) is 0 Å². The molecule has 3 atom stereocenters. The van der Waals surface area contributed by atoms with Crippen molar-refractivity contribution in [2.45, 2.75) is 57.2 Å². The van der Waals surface area contributed by atoms with E-state index in [-0.39, 0.29) is 12.3 Å². The first-order valence-electron chi connectivity index (χ1n) is 7.69. The van der Waals surface area contributed by atoms with Crippen LogP contribution in [0.3, 0.4) is 0 Å². The number of unbranched alkanes of at least 4 members (excludes halogenated alkanes) is 1. The van der Waals surface area contributed by atoms with E-state index in [4.69, 9.17) is 5.73 Å². The Bertz CT molecular complexity index is 468. The third-order valence-corrected chi connectivity index (χ3v) is 3.63. The van der Waals surface area contributed by atoms with Crippen LogP contribution in [0.2, 0.25) is 0 Å². The van der Waals surface area contributed by atoms with E-state index in [0.29, 0.717) is 19.3 Å². The van der Waals surface area contributed by atoms with Crippen molar-refractivity contribution in [2.24, 2.45) is 5.73 Å². The Hall–Kier alpha value is -2.16. The van der Waals surface area contributed by atoms with Gasteiger partial charge in [0.1, 0.15) is 18.1 Å². The topological polar surface area (TPSA) is 151 Å². The Balaban J connectivity index is 2.57. The van der Waals surface area contributed by atoms with Gasteiger partial charge in [0.15, 0.2) is 0 Å². The minimum atomic E-state index is -1.21. The summed E-state index contributed by atoms with van der Waals surface area (Å²) in [6, 6.07) is -2.76. The summed E-state index contributed by atoms with van der Waals surface area (Å²) < 4.78 is 0. The van der Waals surface area contributed by atoms with Crippen molar-refractivity contribution >= 4 is 23.6 Å². The van der Waals surface area contributed by atoms with Crippen molar-refractivity contribution in [1.29, 1.82) is 0 Å². The molecule has 0 saturated carbocycles. The van der Waals surface area contributed by atoms with Gasteiger partial charge in [-0.3, -0.25) is 19.2 Å². The van der Waals surface area contributed by atoms with Gasteiger partial charge >= 0.3 is 0 Å². The lowest BCUT2D eigenvalue weighted by Crippen LogP contribution is -2.56. The van der Waals surface area contributed by atoms with Crippen LogP contribution in [-0.2, 0) is 19.2 Å². The number of nitrogens with one attached hydrogen (secondary N) is 3. The summed E-state index contributed by atoms with van der Waals surface area (Å²) in [5, 5.41) is 16.6. The van der Waals surface area contributed by atoms with Crippen LogP contribution >= 0.6 is 0 Å². The molecule has 1 aliphatic rings. The van der Waals surface area contributed by atoms with Gasteiger partial charge < -0.3 is 26.8 Å². The smallest absolute Gasteiger partial charge is 0.245 e. The first kappa shape index (κ1) is 18.9. The predicted molar refractivity (Wildman–Crippen MR) is 80.8 cm³/mol. The SMILES string of the molecule is CCCC[C@H](NC(=O)[C@H](CO)NC(=O)[C@@H]1CCC(=O)N1)C(N)=O. The normalized spacial score (nSPS) is 19.6. The van der Waals surface area contributed by atoms with Crippen LogP contribution in [0.15, 0.2) is 0 Å². The lowest BCUT2D eigenvalue weighted by atomic mass is 10.1. The lowest BCUT2D eigenvalue weighted by Gasteiger charge is -2.21. The fraction of sp³-hybridized carbons (Fsp3) is 0.714. The molecule has 130 valence electrons. The standard InChI is InChI=1S/C14H24N4O5/c1-2-3-4-8(12(15)21)17-14(23)10(7-19)18-13(22)9-5-6-11(20)16-9/h8-10,19H,2-7H2,1H3,(H2,15,21)(H,16,20)(H,17,23)(H,18,22)/t8-,9-,10-/m0/s1. The summed E-state index contributed by atoms with van der Waals surface area (Å²) in [5.41, 5.74) is 5.23. The van der Waals surface area contributed by atoms with E-state index in [2.05, 4.69) is 16.0 Å². The molecule has 0 unspecified atom stereocenters. The molecule has 0 aromatic carbocycles. The summed E-state index contributed by atoms with van der Waals surface area (Å²) in [6.45, 7) is 1.31. The Morgan fingerprint density at radius 2 is 2.04 bits per heavy atom. The molecule has 1 heterocycles. The Morgan fingerprint density at radius 1 is 1.35 bits per heavy atom. The first-order chi connectivity index (χ1) is 10.9. The van der Waals surface area contributed by atoms with E-state index in [1.807, 2.05) is 6.92 Å². The molecule has 1 saturated heterocycles. The van der Waals surface area contributed by atoms with Crippen LogP contribution in [0, 0.1) is 0 Å². The maximum atomic E-state index is 12.1. The molecule has 1 rings (SSSR count). The number of hydrogen-bond donors (Lipinski definition) is 5. The number of hydrogen-bond acceptors (Lipinski definition) is 5. The summed E-state index contributed by atoms with van der Waals surface area (Å²) in [4.78, 5) is 46.5. The van der Waals surface area contributed by atoms with Crippen molar-refractivity contribution in [3.05, 3.63) is 0 Å². The molecule has 1 fully saturated rings. The molecule has 0 aliphatic carbocycles. The quantitative estimate of drug-likeness (QED) is 0.328. The zero-order valence-corrected chi connectivity index (χ0v) is 13.1. The van der Waals surface area contributed by atoms with E-state index in [9.17, 15) is 24.3 Å². The maximum absolute atomic E-state index is 12.1. The van der Waals surface area contributed by atoms with E-state index >= 15 is 0 Å². The number of aliphatic hydroxyl groups is 1. The minimum Gasteiger partial charge on any atom is -0.394 e. The first-order valence-corrected chi connectivity index (χ1v) is 7.69. The monoisotopic (exact) mass is 328 g/mol. The number of carbonyl (C=O) groups excluding carboxylic acids is 4. The fourth-order valence-corrected chi connectivity index (χ4v) is 2.24. The molecule has 4 amide bonds. The van der Waals surface area contributed by atoms with Crippen LogP contribution in [0.25, 0.3) is 0 Å². The molecule has 1 aliphatic heterocycles. The van der Waals surface area contributed by atoms with Gasteiger partial charge in [0.05, 0.1) is 6.61 Å². The number of nitrogens with two attached hydrogens (primary N) is 1. The predicted octanol–water partition coefficient (Wildman–Crippen LogP) is -2.10. The van der Waals surface area contributed by atoms with Crippen LogP contribution in [0.1, 0.15) is 39.0 Å². The molecule has 0 aromatic rings. The van der Waals surface area contributed by atoms with Crippen molar-refractivity contribution in [3.8, 4) is 0 Å². The molecule has 0 spiro atoms. The van der Waals surface area contributed by atoms with Gasteiger partial charge in [0.25, 0.3) is 0 Å². The van der Waals surface area contributed by atoms with Crippen molar-refractivity contribution in [3.63, 3.8) is 0 Å². The van der Waals surface area contributed by atoms with E-state index in [0.717, 1.165) is 6.42 Å². The Labute approximate surface area is 134 Å². The molecular weight excluding hydrogens is 304 g/mol. The maximum Gasteiger partial charge on any atom is 0.245 e. The average molecular weight is 328 g/mol. The Morgan fingerprint density at radius 3 is 2.52 bits per heavy atom. The molecule has 0 aromatic heterocycles. The number of primary amides is 1. The number of carbonyl (C=O) groups is 4. The second kappa shape index (κ2) is 9.09. The highest BCUT2D eigenvalue weighted by Gasteiger charge is 2.31. The summed E-state index contributed by atoms with van der Waals surface area (Å²) in [6.07, 6.45) is 2.52. The molecule has 6 N–H and O–H groups in total. The third kappa shape index (κ3) is 5.85. The second-order valence-electron chi connectivity index (χ2n) is 5.51. The molecular formula is C14H24N4O5. The van der Waals surface area contributed by atoms with Crippen LogP contribution < -0.4 is 21.7 Å². The van der Waals surface area contributed by atoms with Crippen molar-refractivity contribution in [2.75, 3.05) is 6.61 Å². The second-order valence-corrected chi connectivity index (χ2v) is 5.51. The van der Waals surface area contributed by atoms with Gasteiger partial charge in [0.2, 0.25) is 23.6 Å². The van der Waals surface area contributed by atoms with Crippen LogP contribution in [0.5, 0.6) is 0 Å². The minimum absolute atomic E-state index is 0.233. The largest absolute Gasteiger partial charge is 0.394 e. The highest BCUT2D eigenvalue weighted by atomic mass is 16.3. The highest BCUT2D eigenvalue weighted by molar-refractivity contribution is 5.95. The van der Waals surface area contributed by atoms with E-state index in [1.165, 1.54) is 0 Å². The zero-order valence-electron chi connectivity index (χ0n) is 13.1. The lowest BCUT2D eigenvalue weighted by molar-refractivity contribution is -0.133. The fourth-order valence-electron chi connectivity index (χ4n) is 2.24. The summed E-state index contributed by atoms with van der Waals surface area (Å²) >= 11 is 0. The van der Waals surface area contributed by atoms with E-state index < -0.39 is 42.5 Å². The summed E-state index contributed by atoms with van der Waals surface area (Å²) in [5.74, 6) is -2.14. The molecule has 0 radical (unpaired) electrons. The van der Waals surface area contributed by atoms with Crippen molar-refractivity contribution < 1.29 is 24.3 Å². The number of rotatable bonds is 9. The number of amides is 4. The van der Waals surface area contributed by atoms with Gasteiger partial charge in [-0.25, -0.2) is 0 Å². The molecule has 0 bridgehead atoms. The number of aliphatic hydroxyl groups excluding tert-OH is 1. The van der Waals surface area contributed by atoms with Gasteiger partial charge in [-0.2, -0.15) is 0 Å². The zero-order chi connectivity index (χ0) is 17.4. The average Bonchev–Trinajstić information content (AvgIpc) is 2.94. The van der Waals surface area contributed by atoms with Gasteiger partial charge in [-0.05, 0) is 12.8 Å².